The molecule has 2 heterocycles. The number of nitrogens with one attached hydrogen (secondary N) is 1. The monoisotopic (exact) mass is 403 g/mol. The first-order valence-corrected chi connectivity index (χ1v) is 11.3. The average Bonchev–Trinajstić information content (AvgIpc) is 3.22. The summed E-state index contributed by atoms with van der Waals surface area (Å²) < 4.78 is 0. The van der Waals surface area contributed by atoms with E-state index in [0.29, 0.717) is 6.54 Å². The molecular weight excluding hydrogens is 370 g/mol. The molecule has 2 aromatic rings. The van der Waals surface area contributed by atoms with E-state index in [-0.39, 0.29) is 11.4 Å². The van der Waals surface area contributed by atoms with Crippen LogP contribution >= 0.6 is 0 Å². The Hall–Kier alpha value is -2.62. The summed E-state index contributed by atoms with van der Waals surface area (Å²) in [5.74, 6) is 0.245. The van der Waals surface area contributed by atoms with E-state index in [0.717, 1.165) is 67.5 Å². The van der Waals surface area contributed by atoms with Crippen molar-refractivity contribution in [1.82, 2.24) is 15.2 Å². The number of hydrogen-bond acceptors (Lipinski definition) is 3. The molecule has 1 amide bonds. The summed E-state index contributed by atoms with van der Waals surface area (Å²) in [5.41, 5.74) is 6.39. The van der Waals surface area contributed by atoms with Gasteiger partial charge in [-0.05, 0) is 56.2 Å². The van der Waals surface area contributed by atoms with E-state index < -0.39 is 0 Å². The van der Waals surface area contributed by atoms with Crippen LogP contribution in [0.25, 0.3) is 11.3 Å². The predicted octanol–water partition coefficient (Wildman–Crippen LogP) is 5.64. The number of aromatic nitrogens is 1. The molecule has 4 heteroatoms. The van der Waals surface area contributed by atoms with E-state index in [1.165, 1.54) is 11.1 Å². The largest absolute Gasteiger partial charge is 0.376 e. The maximum atomic E-state index is 13.5. The van der Waals surface area contributed by atoms with Crippen LogP contribution in [0.1, 0.15) is 68.6 Å². The molecule has 0 saturated heterocycles. The second kappa shape index (κ2) is 8.63. The lowest BCUT2D eigenvalue weighted by molar-refractivity contribution is -0.137. The number of unbranched alkanes of at least 4 members (excludes halogenated alkanes) is 1. The number of carbonyl (C=O) groups is 1. The van der Waals surface area contributed by atoms with Crippen LogP contribution in [0, 0.1) is 13.8 Å². The molecule has 1 aliphatic heterocycles. The zero-order chi connectivity index (χ0) is 21.1. The maximum absolute atomic E-state index is 13.5. The highest BCUT2D eigenvalue weighted by atomic mass is 16.2. The number of allylic oxidation sites excluding steroid dienone is 1. The van der Waals surface area contributed by atoms with Crippen molar-refractivity contribution in [2.45, 2.75) is 77.8 Å². The van der Waals surface area contributed by atoms with Crippen LogP contribution in [-0.4, -0.2) is 21.3 Å². The van der Waals surface area contributed by atoms with Crippen molar-refractivity contribution < 1.29 is 4.79 Å². The zero-order valence-corrected chi connectivity index (χ0v) is 18.5. The van der Waals surface area contributed by atoms with Crippen LogP contribution < -0.4 is 5.32 Å². The van der Waals surface area contributed by atoms with Gasteiger partial charge >= 0.3 is 0 Å². The lowest BCUT2D eigenvalue weighted by Gasteiger charge is -2.40. The number of rotatable bonds is 6. The van der Waals surface area contributed by atoms with Gasteiger partial charge in [0.05, 0.1) is 12.2 Å². The van der Waals surface area contributed by atoms with Gasteiger partial charge in [-0.2, -0.15) is 0 Å². The van der Waals surface area contributed by atoms with Crippen LogP contribution in [0.3, 0.4) is 0 Å². The van der Waals surface area contributed by atoms with Crippen molar-refractivity contribution in [3.8, 4) is 11.3 Å². The minimum absolute atomic E-state index is 0.245. The first-order valence-electron chi connectivity index (χ1n) is 11.3. The van der Waals surface area contributed by atoms with E-state index in [1.807, 2.05) is 11.1 Å². The molecule has 4 rings (SSSR count). The lowest BCUT2D eigenvalue weighted by atomic mass is 9.92. The second-order valence-electron chi connectivity index (χ2n) is 8.89. The summed E-state index contributed by atoms with van der Waals surface area (Å²) in [4.78, 5) is 20.4. The van der Waals surface area contributed by atoms with Crippen molar-refractivity contribution in [2.24, 2.45) is 0 Å². The van der Waals surface area contributed by atoms with E-state index >= 15 is 0 Å². The summed E-state index contributed by atoms with van der Waals surface area (Å²) in [7, 11) is 0. The Bertz CT molecular complexity index is 957. The molecule has 1 saturated carbocycles. The van der Waals surface area contributed by atoms with E-state index in [1.54, 1.807) is 0 Å². The Labute approximate surface area is 180 Å². The molecule has 1 fully saturated rings. The molecule has 1 N–H and O–H groups in total. The molecule has 1 aromatic heterocycles. The fourth-order valence-corrected chi connectivity index (χ4v) is 4.85. The molecule has 4 nitrogen and oxygen atoms in total. The summed E-state index contributed by atoms with van der Waals surface area (Å²) in [6, 6.07) is 10.6. The fraction of sp³-hybridized carbons (Fsp3) is 0.462. The van der Waals surface area contributed by atoms with Gasteiger partial charge in [-0.25, -0.2) is 0 Å². The number of carbonyl (C=O) groups excluding carboxylic acids is 1. The fourth-order valence-electron chi connectivity index (χ4n) is 4.85. The highest BCUT2D eigenvalue weighted by molar-refractivity contribution is 5.89. The summed E-state index contributed by atoms with van der Waals surface area (Å²) in [5, 5.41) is 3.50. The Morgan fingerprint density at radius 2 is 1.90 bits per heavy atom. The molecule has 30 heavy (non-hydrogen) atoms. The maximum Gasteiger partial charge on any atom is 0.252 e. The lowest BCUT2D eigenvalue weighted by Crippen LogP contribution is -2.57. The molecule has 1 spiro atoms. The minimum Gasteiger partial charge on any atom is -0.376 e. The van der Waals surface area contributed by atoms with Gasteiger partial charge in [0.25, 0.3) is 5.91 Å². The van der Waals surface area contributed by atoms with Gasteiger partial charge < -0.3 is 10.2 Å². The first-order chi connectivity index (χ1) is 14.5. The molecule has 158 valence electrons. The van der Waals surface area contributed by atoms with E-state index in [9.17, 15) is 4.79 Å². The van der Waals surface area contributed by atoms with Crippen molar-refractivity contribution in [1.29, 1.82) is 0 Å². The Morgan fingerprint density at radius 3 is 2.60 bits per heavy atom. The van der Waals surface area contributed by atoms with Gasteiger partial charge in [-0.3, -0.25) is 9.78 Å². The number of amides is 1. The van der Waals surface area contributed by atoms with Crippen LogP contribution in [0.2, 0.25) is 0 Å². The minimum atomic E-state index is -0.390. The molecule has 0 bridgehead atoms. The van der Waals surface area contributed by atoms with Crippen LogP contribution in [0.4, 0.5) is 0 Å². The second-order valence-corrected chi connectivity index (χ2v) is 8.89. The first kappa shape index (κ1) is 20.6. The van der Waals surface area contributed by atoms with Gasteiger partial charge in [0.1, 0.15) is 5.54 Å². The summed E-state index contributed by atoms with van der Waals surface area (Å²) in [6.07, 6.45) is 11.3. The number of hydrogen-bond donors (Lipinski definition) is 1. The summed E-state index contributed by atoms with van der Waals surface area (Å²) >= 11 is 0. The SMILES string of the molecule is CCCCC1=CNC2(CCCC2)C(=O)N1Cc1cnc(-c2ccccc2C)c(C)c1. The van der Waals surface area contributed by atoms with Crippen molar-refractivity contribution >= 4 is 5.91 Å². The highest BCUT2D eigenvalue weighted by Gasteiger charge is 2.45. The molecule has 0 atom stereocenters. The van der Waals surface area contributed by atoms with Crippen molar-refractivity contribution in [3.63, 3.8) is 0 Å². The molecule has 0 unspecified atom stereocenters. The topological polar surface area (TPSA) is 45.2 Å². The van der Waals surface area contributed by atoms with Crippen molar-refractivity contribution in [2.75, 3.05) is 0 Å². The molecule has 1 aromatic carbocycles. The third kappa shape index (κ3) is 3.88. The van der Waals surface area contributed by atoms with E-state index in [2.05, 4.69) is 62.6 Å². The standard InChI is InChI=1S/C26H33N3O/c1-4-5-11-22-17-28-26(13-8-9-14-26)25(30)29(22)18-21-15-20(3)24(27-16-21)23-12-7-6-10-19(23)2/h6-7,10,12,15-17,28H,4-5,8-9,11,13-14,18H2,1-3H3. The smallest absolute Gasteiger partial charge is 0.252 e. The van der Waals surface area contributed by atoms with Gasteiger partial charge in [0.2, 0.25) is 0 Å². The molecule has 2 aliphatic rings. The highest BCUT2D eigenvalue weighted by Crippen LogP contribution is 2.36. The molecule has 1 aliphatic carbocycles. The summed E-state index contributed by atoms with van der Waals surface area (Å²) in [6.45, 7) is 7.03. The van der Waals surface area contributed by atoms with Gasteiger partial charge in [0, 0.05) is 23.7 Å². The predicted molar refractivity (Wildman–Crippen MR) is 122 cm³/mol. The number of benzene rings is 1. The average molecular weight is 404 g/mol. The molecular formula is C26H33N3O. The number of nitrogens with zero attached hydrogens (tertiary/aromatic N) is 2. The number of aryl methyl sites for hydroxylation is 2. The van der Waals surface area contributed by atoms with Crippen LogP contribution in [0.5, 0.6) is 0 Å². The quantitative estimate of drug-likeness (QED) is 0.679. The van der Waals surface area contributed by atoms with Gasteiger partial charge in [-0.15, -0.1) is 0 Å². The Morgan fingerprint density at radius 1 is 1.13 bits per heavy atom. The van der Waals surface area contributed by atoms with Crippen LogP contribution in [0.15, 0.2) is 48.4 Å². The van der Waals surface area contributed by atoms with Crippen molar-refractivity contribution in [3.05, 3.63) is 65.1 Å². The van der Waals surface area contributed by atoms with E-state index in [4.69, 9.17) is 4.98 Å². The normalized spacial score (nSPS) is 17.9. The van der Waals surface area contributed by atoms with Gasteiger partial charge in [-0.1, -0.05) is 56.5 Å². The number of pyridine rings is 1. The molecule has 0 radical (unpaired) electrons. The van der Waals surface area contributed by atoms with Crippen LogP contribution in [-0.2, 0) is 11.3 Å². The Balaban J connectivity index is 1.61. The third-order valence-corrected chi connectivity index (χ3v) is 6.64. The third-order valence-electron chi connectivity index (χ3n) is 6.64. The zero-order valence-electron chi connectivity index (χ0n) is 18.5. The Kier molecular flexibility index (Phi) is 5.94. The van der Waals surface area contributed by atoms with Gasteiger partial charge in [0.15, 0.2) is 0 Å².